The summed E-state index contributed by atoms with van der Waals surface area (Å²) < 4.78 is 30.0. The number of aliphatic carboxylic acids is 1. The van der Waals surface area contributed by atoms with Crippen LogP contribution in [0.25, 0.3) is 0 Å². The number of anilines is 1. The second-order valence-corrected chi connectivity index (χ2v) is 10.2. The van der Waals surface area contributed by atoms with Gasteiger partial charge in [0.2, 0.25) is 0 Å². The second-order valence-electron chi connectivity index (χ2n) is 10.2. The zero-order valence-electron chi connectivity index (χ0n) is 24.6. The van der Waals surface area contributed by atoms with E-state index in [1.54, 1.807) is 36.1 Å². The fraction of sp³-hybridized carbons (Fsp3) is 0.394. The number of urea groups is 1. The molecule has 0 radical (unpaired) electrons. The molecule has 0 saturated carbocycles. The Bertz CT molecular complexity index is 1230. The Morgan fingerprint density at radius 3 is 2.07 bits per heavy atom. The predicted molar refractivity (Wildman–Crippen MR) is 161 cm³/mol. The molecule has 42 heavy (non-hydrogen) atoms. The molecule has 0 aliphatic rings. The van der Waals surface area contributed by atoms with E-state index >= 15 is 0 Å². The molecule has 2 N–H and O–H groups in total. The average Bonchev–Trinajstić information content (AvgIpc) is 2.97. The number of carbonyl (C=O) groups is 2. The van der Waals surface area contributed by atoms with Gasteiger partial charge in [0.1, 0.15) is 23.9 Å². The van der Waals surface area contributed by atoms with Crippen molar-refractivity contribution in [3.63, 3.8) is 0 Å². The number of nitrogens with one attached hydrogen (secondary N) is 1. The van der Waals surface area contributed by atoms with Crippen LogP contribution >= 0.6 is 0 Å². The molecule has 0 fully saturated rings. The van der Waals surface area contributed by atoms with Crippen LogP contribution in [0.3, 0.4) is 0 Å². The van der Waals surface area contributed by atoms with E-state index in [1.807, 2.05) is 36.4 Å². The van der Waals surface area contributed by atoms with Crippen molar-refractivity contribution >= 4 is 17.7 Å². The van der Waals surface area contributed by atoms with Gasteiger partial charge in [0.05, 0.1) is 13.2 Å². The van der Waals surface area contributed by atoms with Gasteiger partial charge in [-0.1, -0.05) is 38.1 Å². The number of ether oxygens (including phenoxy) is 3. The number of hydrogen-bond acceptors (Lipinski definition) is 5. The van der Waals surface area contributed by atoms with E-state index in [-0.39, 0.29) is 24.9 Å². The van der Waals surface area contributed by atoms with Gasteiger partial charge < -0.3 is 29.5 Å². The monoisotopic (exact) mass is 580 g/mol. The molecule has 3 aromatic rings. The Morgan fingerprint density at radius 2 is 1.48 bits per heavy atom. The fourth-order valence-corrected chi connectivity index (χ4v) is 4.22. The molecule has 0 aliphatic heterocycles. The maximum atomic E-state index is 13.2. The largest absolute Gasteiger partial charge is 0.494 e. The molecule has 3 rings (SSSR count). The number of benzene rings is 3. The Kier molecular flexibility index (Phi) is 13.1. The number of halogens is 1. The number of carboxylic acids is 1. The molecule has 9 heteroatoms. The van der Waals surface area contributed by atoms with Gasteiger partial charge in [0.15, 0.2) is 6.10 Å². The van der Waals surface area contributed by atoms with Crippen LogP contribution in [-0.4, -0.2) is 61.0 Å². The smallest absolute Gasteiger partial charge is 0.333 e. The molecule has 0 aliphatic carbocycles. The number of unbranched alkanes of at least 4 members (excludes halogenated alkanes) is 1. The number of carbonyl (C=O) groups excluding carboxylic acids is 1. The zero-order valence-corrected chi connectivity index (χ0v) is 24.6. The standard InChI is InChI=1S/C33H41FN2O6/c1-4-40-31(32(37)38)23-25-7-15-29(16-8-25)42-22-20-36(19-5-6-21-41-30-17-11-27(34)12-18-30)33(39)35-28-13-9-26(10-14-28)24(2)3/h7-18,24,31H,4-6,19-23H2,1-3H3,(H,35,39)(H,37,38). The summed E-state index contributed by atoms with van der Waals surface area (Å²) in [6.07, 6.45) is 0.795. The first-order valence-electron chi connectivity index (χ1n) is 14.4. The number of nitrogens with zero attached hydrogens (tertiary/aromatic N) is 1. The van der Waals surface area contributed by atoms with E-state index in [1.165, 1.54) is 17.7 Å². The Labute approximate surface area is 247 Å². The highest BCUT2D eigenvalue weighted by Gasteiger charge is 2.18. The van der Waals surface area contributed by atoms with Gasteiger partial charge >= 0.3 is 12.0 Å². The van der Waals surface area contributed by atoms with Crippen LogP contribution in [0.5, 0.6) is 11.5 Å². The van der Waals surface area contributed by atoms with Crippen molar-refractivity contribution in [2.45, 2.75) is 52.1 Å². The highest BCUT2D eigenvalue weighted by Crippen LogP contribution is 2.18. The normalized spacial score (nSPS) is 11.6. The van der Waals surface area contributed by atoms with Gasteiger partial charge in [-0.05, 0) is 85.3 Å². The van der Waals surface area contributed by atoms with Crippen molar-refractivity contribution in [3.05, 3.63) is 89.7 Å². The number of carboxylic acid groups (broad SMARTS) is 1. The van der Waals surface area contributed by atoms with Gasteiger partial charge in [-0.3, -0.25) is 0 Å². The average molecular weight is 581 g/mol. The lowest BCUT2D eigenvalue weighted by Crippen LogP contribution is -2.38. The minimum absolute atomic E-state index is 0.221. The minimum atomic E-state index is -0.992. The predicted octanol–water partition coefficient (Wildman–Crippen LogP) is 6.75. The Morgan fingerprint density at radius 1 is 0.857 bits per heavy atom. The summed E-state index contributed by atoms with van der Waals surface area (Å²) in [4.78, 5) is 26.2. The minimum Gasteiger partial charge on any atom is -0.494 e. The lowest BCUT2D eigenvalue weighted by molar-refractivity contribution is -0.149. The summed E-state index contributed by atoms with van der Waals surface area (Å²) in [5.74, 6) is 0.326. The molecule has 3 aromatic carbocycles. The van der Waals surface area contributed by atoms with Crippen LogP contribution in [0, 0.1) is 5.82 Å². The van der Waals surface area contributed by atoms with Crippen LogP contribution in [0.4, 0.5) is 14.9 Å². The van der Waals surface area contributed by atoms with Crippen molar-refractivity contribution in [2.24, 2.45) is 0 Å². The van der Waals surface area contributed by atoms with E-state index in [2.05, 4.69) is 19.2 Å². The maximum Gasteiger partial charge on any atom is 0.333 e. The zero-order chi connectivity index (χ0) is 30.3. The molecule has 0 spiro atoms. The molecule has 0 aromatic heterocycles. The van der Waals surface area contributed by atoms with E-state index in [0.29, 0.717) is 56.6 Å². The highest BCUT2D eigenvalue weighted by molar-refractivity contribution is 5.89. The number of rotatable bonds is 17. The third-order valence-corrected chi connectivity index (χ3v) is 6.64. The first-order chi connectivity index (χ1) is 20.2. The molecular formula is C33H41FN2O6. The lowest BCUT2D eigenvalue weighted by atomic mass is 10.0. The fourth-order valence-electron chi connectivity index (χ4n) is 4.22. The number of hydrogen-bond donors (Lipinski definition) is 2. The quantitative estimate of drug-likeness (QED) is 0.171. The van der Waals surface area contributed by atoms with Gasteiger partial charge in [0.25, 0.3) is 0 Å². The van der Waals surface area contributed by atoms with E-state index < -0.39 is 12.1 Å². The molecule has 1 unspecified atom stereocenters. The van der Waals surface area contributed by atoms with Crippen molar-refractivity contribution in [1.29, 1.82) is 0 Å². The molecule has 0 bridgehead atoms. The lowest BCUT2D eigenvalue weighted by Gasteiger charge is -2.23. The first-order valence-corrected chi connectivity index (χ1v) is 14.4. The maximum absolute atomic E-state index is 13.2. The third kappa shape index (κ3) is 11.0. The highest BCUT2D eigenvalue weighted by atomic mass is 19.1. The number of amides is 2. The van der Waals surface area contributed by atoms with Crippen molar-refractivity contribution in [2.75, 3.05) is 38.2 Å². The summed E-state index contributed by atoms with van der Waals surface area (Å²) in [7, 11) is 0. The van der Waals surface area contributed by atoms with Crippen molar-refractivity contribution < 1.29 is 33.3 Å². The molecule has 2 amide bonds. The van der Waals surface area contributed by atoms with Crippen molar-refractivity contribution in [1.82, 2.24) is 4.90 Å². The first kappa shape index (κ1) is 32.4. The van der Waals surface area contributed by atoms with E-state index in [0.717, 1.165) is 11.3 Å². The van der Waals surface area contributed by atoms with Crippen LogP contribution in [0.1, 0.15) is 50.7 Å². The third-order valence-electron chi connectivity index (χ3n) is 6.64. The Balaban J connectivity index is 1.53. The molecular weight excluding hydrogens is 539 g/mol. The molecule has 0 saturated heterocycles. The van der Waals surface area contributed by atoms with Gasteiger partial charge in [-0.15, -0.1) is 0 Å². The summed E-state index contributed by atoms with van der Waals surface area (Å²) in [6, 6.07) is 20.7. The van der Waals surface area contributed by atoms with Crippen LogP contribution in [-0.2, 0) is 16.0 Å². The topological polar surface area (TPSA) is 97.3 Å². The van der Waals surface area contributed by atoms with Crippen LogP contribution in [0.2, 0.25) is 0 Å². The summed E-state index contributed by atoms with van der Waals surface area (Å²) in [6.45, 7) is 7.93. The van der Waals surface area contributed by atoms with Gasteiger partial charge in [-0.25, -0.2) is 14.0 Å². The molecule has 8 nitrogen and oxygen atoms in total. The second kappa shape index (κ2) is 17.0. The van der Waals surface area contributed by atoms with E-state index in [9.17, 15) is 19.1 Å². The van der Waals surface area contributed by atoms with Crippen LogP contribution < -0.4 is 14.8 Å². The summed E-state index contributed by atoms with van der Waals surface area (Å²) >= 11 is 0. The Hall–Kier alpha value is -4.11. The summed E-state index contributed by atoms with van der Waals surface area (Å²) in [5, 5.41) is 12.3. The van der Waals surface area contributed by atoms with Crippen molar-refractivity contribution in [3.8, 4) is 11.5 Å². The molecule has 0 heterocycles. The summed E-state index contributed by atoms with van der Waals surface area (Å²) in [5.41, 5.74) is 2.75. The van der Waals surface area contributed by atoms with Gasteiger partial charge in [-0.2, -0.15) is 0 Å². The molecule has 1 atom stereocenters. The van der Waals surface area contributed by atoms with Gasteiger partial charge in [0, 0.05) is 25.3 Å². The van der Waals surface area contributed by atoms with E-state index in [4.69, 9.17) is 14.2 Å². The molecule has 226 valence electrons. The SMILES string of the molecule is CCOC(Cc1ccc(OCCN(CCCCOc2ccc(F)cc2)C(=O)Nc2ccc(C(C)C)cc2)cc1)C(=O)O. The van der Waals surface area contributed by atoms with Crippen LogP contribution in [0.15, 0.2) is 72.8 Å².